The minimum Gasteiger partial charge on any atom is -0.460 e. The molecule has 0 atom stereocenters. The maximum absolute atomic E-state index is 10.6. The minimum absolute atomic E-state index is 0.0278. The normalized spacial score (nSPS) is 9.18. The van der Waals surface area contributed by atoms with E-state index in [9.17, 15) is 9.59 Å². The Morgan fingerprint density at radius 3 is 1.41 bits per heavy atom. The monoisotopic (exact) mass is 320 g/mol. The zero-order chi connectivity index (χ0) is 17.1. The van der Waals surface area contributed by atoms with Crippen molar-refractivity contribution in [3.8, 4) is 0 Å². The first-order chi connectivity index (χ1) is 10.6. The van der Waals surface area contributed by atoms with Crippen molar-refractivity contribution in [2.24, 2.45) is 0 Å². The first-order valence-electron chi connectivity index (χ1n) is 6.57. The number of aliphatic hydroxyl groups is 2. The molecule has 22 heavy (non-hydrogen) atoms. The minimum atomic E-state index is -0.489. The van der Waals surface area contributed by atoms with Gasteiger partial charge in [-0.1, -0.05) is 13.2 Å². The third kappa shape index (κ3) is 20.6. The molecule has 0 bridgehead atoms. The molecule has 2 N–H and O–H groups in total. The molecule has 0 amide bonds. The zero-order valence-electron chi connectivity index (χ0n) is 12.6. The molecule has 128 valence electrons. The van der Waals surface area contributed by atoms with Gasteiger partial charge in [0.15, 0.2) is 0 Å². The van der Waals surface area contributed by atoms with Crippen LogP contribution >= 0.6 is 0 Å². The van der Waals surface area contributed by atoms with Crippen LogP contribution in [0, 0.1) is 0 Å². The fourth-order valence-corrected chi connectivity index (χ4v) is 0.853. The Bertz CT molecular complexity index is 275. The summed E-state index contributed by atoms with van der Waals surface area (Å²) in [6.07, 6.45) is 2.15. The van der Waals surface area contributed by atoms with Gasteiger partial charge in [0, 0.05) is 12.2 Å². The SMILES string of the molecule is C=CC(=O)OCCOCCOC(=O)C=C.OCCOCCO. The topological polar surface area (TPSA) is 112 Å². The molecule has 0 aromatic carbocycles. The second kappa shape index (κ2) is 19.3. The molecule has 0 aliphatic rings. The third-order valence-corrected chi connectivity index (χ3v) is 1.75. The first kappa shape index (κ1) is 22.5. The predicted octanol–water partition coefficient (Wildman–Crippen LogP) is -0.551. The van der Waals surface area contributed by atoms with E-state index in [1.165, 1.54) is 0 Å². The van der Waals surface area contributed by atoms with Crippen LogP contribution in [0.1, 0.15) is 0 Å². The summed E-state index contributed by atoms with van der Waals surface area (Å²) < 4.78 is 18.9. The lowest BCUT2D eigenvalue weighted by atomic mass is 10.6. The van der Waals surface area contributed by atoms with E-state index in [0.717, 1.165) is 12.2 Å². The Morgan fingerprint density at radius 2 is 1.09 bits per heavy atom. The molecule has 0 aliphatic carbocycles. The highest BCUT2D eigenvalue weighted by molar-refractivity contribution is 5.81. The van der Waals surface area contributed by atoms with Crippen LogP contribution in [-0.4, -0.2) is 75.0 Å². The quantitative estimate of drug-likeness (QED) is 0.280. The van der Waals surface area contributed by atoms with Gasteiger partial charge in [0.25, 0.3) is 0 Å². The molecule has 0 spiro atoms. The van der Waals surface area contributed by atoms with Crippen LogP contribution in [0.4, 0.5) is 0 Å². The predicted molar refractivity (Wildman–Crippen MR) is 78.1 cm³/mol. The Labute approximate surface area is 129 Å². The van der Waals surface area contributed by atoms with Gasteiger partial charge in [-0.25, -0.2) is 9.59 Å². The molecule has 0 rings (SSSR count). The molecule has 0 aromatic rings. The molecule has 0 aliphatic heterocycles. The molecule has 8 nitrogen and oxygen atoms in total. The number of hydrogen-bond acceptors (Lipinski definition) is 8. The van der Waals surface area contributed by atoms with E-state index in [1.54, 1.807) is 0 Å². The molecular formula is C14H24O8. The van der Waals surface area contributed by atoms with Gasteiger partial charge >= 0.3 is 11.9 Å². The maximum Gasteiger partial charge on any atom is 0.330 e. The molecule has 0 fully saturated rings. The van der Waals surface area contributed by atoms with Gasteiger partial charge in [0.1, 0.15) is 13.2 Å². The van der Waals surface area contributed by atoms with Crippen molar-refractivity contribution in [1.29, 1.82) is 0 Å². The summed E-state index contributed by atoms with van der Waals surface area (Å²) in [6, 6.07) is 0. The van der Waals surface area contributed by atoms with Gasteiger partial charge in [0.05, 0.1) is 39.6 Å². The van der Waals surface area contributed by atoms with Crippen molar-refractivity contribution in [2.45, 2.75) is 0 Å². The van der Waals surface area contributed by atoms with E-state index in [-0.39, 0.29) is 39.6 Å². The standard InChI is InChI=1S/C10H14O5.C4H10O3/c1-3-9(11)14-7-5-13-6-8-15-10(12)4-2;5-1-3-7-4-2-6/h3-4H,1-2,5-8H2;5-6H,1-4H2. The van der Waals surface area contributed by atoms with Gasteiger partial charge in [-0.05, 0) is 0 Å². The summed E-state index contributed by atoms with van der Waals surface area (Å²) in [5.74, 6) is -0.978. The Hall–Kier alpha value is -1.74. The van der Waals surface area contributed by atoms with Crippen molar-refractivity contribution in [3.63, 3.8) is 0 Å². The lowest BCUT2D eigenvalue weighted by Gasteiger charge is -2.04. The van der Waals surface area contributed by atoms with Crippen molar-refractivity contribution in [2.75, 3.05) is 52.9 Å². The largest absolute Gasteiger partial charge is 0.460 e. The van der Waals surface area contributed by atoms with Crippen LogP contribution in [0.3, 0.4) is 0 Å². The molecule has 0 saturated carbocycles. The number of aliphatic hydroxyl groups excluding tert-OH is 2. The fourth-order valence-electron chi connectivity index (χ4n) is 0.853. The van der Waals surface area contributed by atoms with Crippen LogP contribution in [0.2, 0.25) is 0 Å². The lowest BCUT2D eigenvalue weighted by molar-refractivity contribution is -0.140. The second-order valence-corrected chi connectivity index (χ2v) is 3.42. The molecule has 0 aromatic heterocycles. The van der Waals surface area contributed by atoms with Crippen LogP contribution in [0.25, 0.3) is 0 Å². The van der Waals surface area contributed by atoms with Crippen molar-refractivity contribution < 1.29 is 38.7 Å². The summed E-state index contributed by atoms with van der Waals surface area (Å²) >= 11 is 0. The molecule has 0 heterocycles. The zero-order valence-corrected chi connectivity index (χ0v) is 12.6. The number of hydrogen-bond donors (Lipinski definition) is 2. The third-order valence-electron chi connectivity index (χ3n) is 1.75. The molecule has 0 radical (unpaired) electrons. The Kier molecular flexibility index (Phi) is 19.7. The molecule has 8 heteroatoms. The highest BCUT2D eigenvalue weighted by atomic mass is 16.6. The highest BCUT2D eigenvalue weighted by Crippen LogP contribution is 1.84. The van der Waals surface area contributed by atoms with Crippen LogP contribution in [0.5, 0.6) is 0 Å². The number of esters is 2. The number of carbonyl (C=O) groups excluding carboxylic acids is 2. The van der Waals surface area contributed by atoms with E-state index < -0.39 is 11.9 Å². The summed E-state index contributed by atoms with van der Waals surface area (Å²) in [7, 11) is 0. The van der Waals surface area contributed by atoms with Gasteiger partial charge in [0.2, 0.25) is 0 Å². The van der Waals surface area contributed by atoms with Gasteiger partial charge in [-0.2, -0.15) is 0 Å². The summed E-state index contributed by atoms with van der Waals surface area (Å²) in [5, 5.41) is 16.2. The smallest absolute Gasteiger partial charge is 0.330 e. The summed E-state index contributed by atoms with van der Waals surface area (Å²) in [4.78, 5) is 21.1. The Balaban J connectivity index is 0. The van der Waals surface area contributed by atoms with Crippen molar-refractivity contribution in [1.82, 2.24) is 0 Å². The van der Waals surface area contributed by atoms with Crippen LogP contribution in [-0.2, 0) is 28.5 Å². The van der Waals surface area contributed by atoms with Crippen LogP contribution < -0.4 is 0 Å². The van der Waals surface area contributed by atoms with E-state index in [4.69, 9.17) is 14.9 Å². The second-order valence-electron chi connectivity index (χ2n) is 3.42. The Morgan fingerprint density at radius 1 is 0.727 bits per heavy atom. The maximum atomic E-state index is 10.6. The number of ether oxygens (including phenoxy) is 4. The van der Waals surface area contributed by atoms with Crippen molar-refractivity contribution >= 4 is 11.9 Å². The molecule has 0 unspecified atom stereocenters. The first-order valence-corrected chi connectivity index (χ1v) is 6.57. The number of rotatable bonds is 12. The van der Waals surface area contributed by atoms with E-state index in [2.05, 4.69) is 27.4 Å². The summed E-state index contributed by atoms with van der Waals surface area (Å²) in [5.41, 5.74) is 0. The number of carbonyl (C=O) groups is 2. The highest BCUT2D eigenvalue weighted by Gasteiger charge is 1.96. The van der Waals surface area contributed by atoms with Gasteiger partial charge in [-0.3, -0.25) is 0 Å². The molecule has 0 saturated heterocycles. The average Bonchev–Trinajstić information content (AvgIpc) is 2.54. The molecular weight excluding hydrogens is 296 g/mol. The van der Waals surface area contributed by atoms with E-state index in [1.807, 2.05) is 0 Å². The lowest BCUT2D eigenvalue weighted by Crippen LogP contribution is -2.12. The van der Waals surface area contributed by atoms with Gasteiger partial charge in [-0.15, -0.1) is 0 Å². The van der Waals surface area contributed by atoms with E-state index in [0.29, 0.717) is 13.2 Å². The summed E-state index contributed by atoms with van der Waals surface area (Å²) in [6.45, 7) is 7.98. The average molecular weight is 320 g/mol. The van der Waals surface area contributed by atoms with Crippen molar-refractivity contribution in [3.05, 3.63) is 25.3 Å². The fraction of sp³-hybridized carbons (Fsp3) is 0.571. The van der Waals surface area contributed by atoms with Gasteiger partial charge < -0.3 is 29.2 Å². The van der Waals surface area contributed by atoms with E-state index >= 15 is 0 Å². The van der Waals surface area contributed by atoms with Crippen LogP contribution in [0.15, 0.2) is 25.3 Å².